The summed E-state index contributed by atoms with van der Waals surface area (Å²) in [6.07, 6.45) is 0. The van der Waals surface area contributed by atoms with E-state index in [9.17, 15) is 4.79 Å². The van der Waals surface area contributed by atoms with Gasteiger partial charge in [0.15, 0.2) is 12.3 Å². The molecule has 7 nitrogen and oxygen atoms in total. The van der Waals surface area contributed by atoms with Gasteiger partial charge in [0, 0.05) is 0 Å². The molecule has 0 saturated carbocycles. The molecule has 2 heterocycles. The summed E-state index contributed by atoms with van der Waals surface area (Å²) >= 11 is 0. The van der Waals surface area contributed by atoms with Gasteiger partial charge in [0.25, 0.3) is 0 Å². The molecule has 0 saturated heterocycles. The van der Waals surface area contributed by atoms with Crippen LogP contribution in [0.5, 0.6) is 5.75 Å². The lowest BCUT2D eigenvalue weighted by Crippen LogP contribution is -2.13. The summed E-state index contributed by atoms with van der Waals surface area (Å²) in [5, 5.41) is 4.58. The monoisotopic (exact) mass is 362 g/mol. The first-order chi connectivity index (χ1) is 13.2. The van der Waals surface area contributed by atoms with Gasteiger partial charge in [0.1, 0.15) is 17.1 Å². The van der Waals surface area contributed by atoms with Crippen molar-refractivity contribution in [2.24, 2.45) is 0 Å². The molecular weight excluding hydrogens is 344 g/mol. The number of hydrogen-bond acceptors (Lipinski definition) is 5. The Bertz CT molecular complexity index is 1100. The van der Waals surface area contributed by atoms with E-state index >= 15 is 0 Å². The molecule has 0 amide bonds. The molecule has 0 aliphatic carbocycles. The number of methoxy groups -OCH3 is 1. The molecule has 0 atom stereocenters. The third-order valence-electron chi connectivity index (χ3n) is 4.21. The van der Waals surface area contributed by atoms with Crippen molar-refractivity contribution in [3.05, 3.63) is 60.3 Å². The topological polar surface area (TPSA) is 82.0 Å². The van der Waals surface area contributed by atoms with Crippen molar-refractivity contribution in [3.63, 3.8) is 0 Å². The number of ether oxygens (including phenoxy) is 2. The highest BCUT2D eigenvalue weighted by Gasteiger charge is 2.17. The molecular formula is C20H18N4O3. The Kier molecular flexibility index (Phi) is 4.33. The van der Waals surface area contributed by atoms with Crippen LogP contribution in [0.4, 0.5) is 0 Å². The van der Waals surface area contributed by atoms with Crippen LogP contribution in [0.1, 0.15) is 5.69 Å². The average Bonchev–Trinajstić information content (AvgIpc) is 3.27. The number of rotatable bonds is 5. The van der Waals surface area contributed by atoms with E-state index in [1.165, 1.54) is 7.11 Å². The van der Waals surface area contributed by atoms with Gasteiger partial charge in [-0.05, 0) is 31.2 Å². The second-order valence-electron chi connectivity index (χ2n) is 5.98. The van der Waals surface area contributed by atoms with E-state index in [2.05, 4.69) is 14.8 Å². The summed E-state index contributed by atoms with van der Waals surface area (Å²) in [6.45, 7) is 1.77. The summed E-state index contributed by atoms with van der Waals surface area (Å²) in [5.74, 6) is 0.761. The van der Waals surface area contributed by atoms with Crippen molar-refractivity contribution in [3.8, 4) is 22.8 Å². The number of aryl methyl sites for hydroxylation is 1. The Hall–Kier alpha value is -3.61. The zero-order valence-corrected chi connectivity index (χ0v) is 15.0. The maximum absolute atomic E-state index is 11.4. The van der Waals surface area contributed by atoms with Gasteiger partial charge in [-0.25, -0.2) is 14.5 Å². The van der Waals surface area contributed by atoms with Crippen LogP contribution < -0.4 is 4.74 Å². The van der Waals surface area contributed by atoms with Crippen molar-refractivity contribution in [2.45, 2.75) is 6.92 Å². The molecule has 0 radical (unpaired) electrons. The van der Waals surface area contributed by atoms with Crippen LogP contribution in [0, 0.1) is 6.92 Å². The number of carbonyl (C=O) groups excluding carboxylic acids is 1. The molecule has 2 aromatic heterocycles. The second-order valence-corrected chi connectivity index (χ2v) is 5.98. The number of benzene rings is 2. The van der Waals surface area contributed by atoms with Gasteiger partial charge >= 0.3 is 5.97 Å². The van der Waals surface area contributed by atoms with E-state index in [0.717, 1.165) is 28.1 Å². The molecule has 0 bridgehead atoms. The Morgan fingerprint density at radius 2 is 1.85 bits per heavy atom. The summed E-state index contributed by atoms with van der Waals surface area (Å²) in [6, 6.07) is 17.3. The maximum atomic E-state index is 11.4. The maximum Gasteiger partial charge on any atom is 0.343 e. The van der Waals surface area contributed by atoms with E-state index in [1.807, 2.05) is 60.1 Å². The number of carbonyl (C=O) groups is 1. The molecule has 4 rings (SSSR count). The molecule has 2 aromatic carbocycles. The quantitative estimate of drug-likeness (QED) is 0.551. The zero-order chi connectivity index (χ0) is 18.8. The van der Waals surface area contributed by atoms with E-state index in [0.29, 0.717) is 11.6 Å². The summed E-state index contributed by atoms with van der Waals surface area (Å²) in [5.41, 5.74) is 4.13. The second kappa shape index (κ2) is 6.95. The molecule has 1 N–H and O–H groups in total. The third kappa shape index (κ3) is 3.15. The minimum absolute atomic E-state index is 0.162. The van der Waals surface area contributed by atoms with Crippen LogP contribution in [-0.2, 0) is 9.53 Å². The van der Waals surface area contributed by atoms with Gasteiger partial charge in [0.05, 0.1) is 24.1 Å². The van der Waals surface area contributed by atoms with Crippen LogP contribution in [0.25, 0.3) is 28.2 Å². The molecule has 0 spiro atoms. The SMILES string of the molecule is COC(=O)COc1ccccc1-c1nc2c([nH]1)c(C)nn2-c1ccccc1. The lowest BCUT2D eigenvalue weighted by Gasteiger charge is -2.08. The van der Waals surface area contributed by atoms with Crippen LogP contribution in [0.15, 0.2) is 54.6 Å². The number of aromatic amines is 1. The normalized spacial score (nSPS) is 10.9. The number of nitrogens with one attached hydrogen (secondary N) is 1. The lowest BCUT2D eigenvalue weighted by atomic mass is 10.2. The number of aromatic nitrogens is 4. The summed E-state index contributed by atoms with van der Waals surface area (Å²) in [4.78, 5) is 19.5. The fraction of sp³-hybridized carbons (Fsp3) is 0.150. The summed E-state index contributed by atoms with van der Waals surface area (Å²) < 4.78 is 12.0. The van der Waals surface area contributed by atoms with Crippen molar-refractivity contribution >= 4 is 17.1 Å². The van der Waals surface area contributed by atoms with Gasteiger partial charge in [-0.15, -0.1) is 0 Å². The lowest BCUT2D eigenvalue weighted by molar-refractivity contribution is -0.142. The van der Waals surface area contributed by atoms with E-state index in [4.69, 9.17) is 9.72 Å². The molecule has 0 unspecified atom stereocenters. The molecule has 27 heavy (non-hydrogen) atoms. The number of esters is 1. The first-order valence-corrected chi connectivity index (χ1v) is 8.47. The van der Waals surface area contributed by atoms with Crippen LogP contribution in [0.2, 0.25) is 0 Å². The molecule has 0 aliphatic heterocycles. The van der Waals surface area contributed by atoms with Crippen LogP contribution in [-0.4, -0.2) is 39.4 Å². The van der Waals surface area contributed by atoms with Gasteiger partial charge < -0.3 is 14.5 Å². The highest BCUT2D eigenvalue weighted by molar-refractivity contribution is 5.81. The average molecular weight is 362 g/mol. The van der Waals surface area contributed by atoms with Gasteiger partial charge in [0.2, 0.25) is 0 Å². The Labute approximate surface area is 155 Å². The zero-order valence-electron chi connectivity index (χ0n) is 15.0. The minimum Gasteiger partial charge on any atom is -0.481 e. The first-order valence-electron chi connectivity index (χ1n) is 8.47. The largest absolute Gasteiger partial charge is 0.481 e. The standard InChI is InChI=1S/C20H18N4O3/c1-13-18-20(24(23-13)14-8-4-3-5-9-14)22-19(21-18)15-10-6-7-11-16(15)27-12-17(25)26-2/h3-11H,12H2,1-2H3,(H,21,22). The van der Waals surface area contributed by atoms with Crippen molar-refractivity contribution < 1.29 is 14.3 Å². The van der Waals surface area contributed by atoms with Gasteiger partial charge in [-0.3, -0.25) is 0 Å². The van der Waals surface area contributed by atoms with Crippen molar-refractivity contribution in [1.29, 1.82) is 0 Å². The highest BCUT2D eigenvalue weighted by atomic mass is 16.6. The van der Waals surface area contributed by atoms with Crippen LogP contribution >= 0.6 is 0 Å². The van der Waals surface area contributed by atoms with E-state index in [1.54, 1.807) is 6.07 Å². The predicted molar refractivity (Wildman–Crippen MR) is 101 cm³/mol. The highest BCUT2D eigenvalue weighted by Crippen LogP contribution is 2.30. The van der Waals surface area contributed by atoms with Gasteiger partial charge in [-0.1, -0.05) is 30.3 Å². The van der Waals surface area contributed by atoms with Crippen molar-refractivity contribution in [2.75, 3.05) is 13.7 Å². The summed E-state index contributed by atoms with van der Waals surface area (Å²) in [7, 11) is 1.33. The fourth-order valence-corrected chi connectivity index (χ4v) is 2.88. The predicted octanol–water partition coefficient (Wildman–Crippen LogP) is 3.28. The molecule has 7 heteroatoms. The Balaban J connectivity index is 1.77. The minimum atomic E-state index is -0.440. The number of H-pyrrole nitrogens is 1. The molecule has 4 aromatic rings. The van der Waals surface area contributed by atoms with Crippen LogP contribution in [0.3, 0.4) is 0 Å². The number of fused-ring (bicyclic) bond motifs is 1. The number of nitrogens with zero attached hydrogens (tertiary/aromatic N) is 3. The van der Waals surface area contributed by atoms with E-state index in [-0.39, 0.29) is 6.61 Å². The van der Waals surface area contributed by atoms with Crippen molar-refractivity contribution in [1.82, 2.24) is 19.7 Å². The first kappa shape index (κ1) is 16.8. The van der Waals surface area contributed by atoms with Gasteiger partial charge in [-0.2, -0.15) is 5.10 Å². The molecule has 0 fully saturated rings. The third-order valence-corrected chi connectivity index (χ3v) is 4.21. The van der Waals surface area contributed by atoms with E-state index < -0.39 is 5.97 Å². The molecule has 0 aliphatic rings. The number of para-hydroxylation sites is 2. The number of hydrogen-bond donors (Lipinski definition) is 1. The fourth-order valence-electron chi connectivity index (χ4n) is 2.88. The molecule has 136 valence electrons. The Morgan fingerprint density at radius 1 is 1.11 bits per heavy atom. The smallest absolute Gasteiger partial charge is 0.343 e. The Morgan fingerprint density at radius 3 is 2.63 bits per heavy atom. The number of imidazole rings is 1.